The van der Waals surface area contributed by atoms with Gasteiger partial charge in [0, 0.05) is 38.5 Å². The number of nitriles is 1. The Morgan fingerprint density at radius 1 is 1.31 bits per heavy atom. The minimum Gasteiger partial charge on any atom is -0.384 e. The Balaban J connectivity index is 1.97. The summed E-state index contributed by atoms with van der Waals surface area (Å²) in [6, 6.07) is 10.6. The van der Waals surface area contributed by atoms with Crippen LogP contribution >= 0.6 is 22.9 Å². The zero-order valence-corrected chi connectivity index (χ0v) is 21.5. The lowest BCUT2D eigenvalue weighted by Gasteiger charge is -2.43. The van der Waals surface area contributed by atoms with E-state index in [9.17, 15) is 20.2 Å². The SMILES string of the molecule is CCCCc1ccc(C2C(C#N)=C(N)N(c3ccc(Cl)cc3[N+](=O)[O-])C3=C2C(=O)CC(C)(C)C3)s1. The van der Waals surface area contributed by atoms with E-state index in [1.165, 1.54) is 21.9 Å². The van der Waals surface area contributed by atoms with Gasteiger partial charge in [-0.1, -0.05) is 38.8 Å². The quantitative estimate of drug-likeness (QED) is 0.346. The number of nitrogens with zero attached hydrogens (tertiary/aromatic N) is 3. The summed E-state index contributed by atoms with van der Waals surface area (Å²) in [5.41, 5.74) is 7.54. The van der Waals surface area contributed by atoms with Crippen LogP contribution in [0.4, 0.5) is 11.4 Å². The van der Waals surface area contributed by atoms with E-state index < -0.39 is 10.8 Å². The number of carbonyl (C=O) groups is 1. The van der Waals surface area contributed by atoms with Gasteiger partial charge in [-0.15, -0.1) is 11.3 Å². The number of benzene rings is 1. The van der Waals surface area contributed by atoms with Crippen molar-refractivity contribution in [3.05, 3.63) is 77.9 Å². The number of unbranched alkanes of at least 4 members (excludes halogenated alkanes) is 1. The van der Waals surface area contributed by atoms with E-state index in [1.54, 1.807) is 17.4 Å². The third-order valence-corrected chi connectivity index (χ3v) is 7.94. The van der Waals surface area contributed by atoms with Gasteiger partial charge >= 0.3 is 0 Å². The zero-order chi connectivity index (χ0) is 25.5. The highest BCUT2D eigenvalue weighted by Gasteiger charge is 2.46. The Kier molecular flexibility index (Phi) is 6.76. The normalized spacial score (nSPS) is 19.6. The first-order valence-corrected chi connectivity index (χ1v) is 12.8. The van der Waals surface area contributed by atoms with Gasteiger partial charge in [0.25, 0.3) is 5.69 Å². The van der Waals surface area contributed by atoms with Gasteiger partial charge in [-0.05, 0) is 48.9 Å². The zero-order valence-electron chi connectivity index (χ0n) is 19.9. The largest absolute Gasteiger partial charge is 0.384 e. The second kappa shape index (κ2) is 9.48. The topological polar surface area (TPSA) is 113 Å². The number of nitro benzene ring substituents is 1. The number of Topliss-reactive ketones (excluding diaryl/α,β-unsaturated/α-hetero) is 1. The summed E-state index contributed by atoms with van der Waals surface area (Å²) in [6.07, 6.45) is 3.88. The number of hydrogen-bond donors (Lipinski definition) is 1. The third kappa shape index (κ3) is 4.58. The van der Waals surface area contributed by atoms with Crippen molar-refractivity contribution < 1.29 is 9.72 Å². The van der Waals surface area contributed by atoms with Crippen molar-refractivity contribution in [1.29, 1.82) is 5.26 Å². The molecule has 35 heavy (non-hydrogen) atoms. The first kappa shape index (κ1) is 25.0. The minimum atomic E-state index is -0.582. The van der Waals surface area contributed by atoms with Gasteiger partial charge in [0.1, 0.15) is 11.5 Å². The number of halogens is 1. The Morgan fingerprint density at radius 3 is 2.71 bits per heavy atom. The summed E-state index contributed by atoms with van der Waals surface area (Å²) in [6.45, 7) is 6.12. The number of thiophene rings is 1. The fraction of sp³-hybridized carbons (Fsp3) is 0.385. The standard InChI is InChI=1S/C26H27ClN4O3S/c1-4-5-6-16-8-10-22(35-16)23-17(14-28)25(29)30(18-9-7-15(27)11-19(18)31(33)34)20-12-26(2,3)13-21(32)24(20)23/h7-11,23H,4-6,12-13,29H2,1-3H3. The predicted molar refractivity (Wildman–Crippen MR) is 138 cm³/mol. The van der Waals surface area contributed by atoms with Crippen molar-refractivity contribution in [2.75, 3.05) is 4.90 Å². The molecule has 1 aromatic carbocycles. The van der Waals surface area contributed by atoms with Crippen molar-refractivity contribution in [3.63, 3.8) is 0 Å². The first-order chi connectivity index (χ1) is 16.6. The van der Waals surface area contributed by atoms with Gasteiger partial charge in [-0.3, -0.25) is 19.8 Å². The van der Waals surface area contributed by atoms with Crippen LogP contribution < -0.4 is 10.6 Å². The molecule has 7 nitrogen and oxygen atoms in total. The molecule has 9 heteroatoms. The van der Waals surface area contributed by atoms with E-state index in [1.807, 2.05) is 19.9 Å². The van der Waals surface area contributed by atoms with E-state index in [0.717, 1.165) is 24.1 Å². The molecule has 1 atom stereocenters. The number of aryl methyl sites for hydroxylation is 1. The molecular weight excluding hydrogens is 484 g/mol. The number of rotatable bonds is 6. The highest BCUT2D eigenvalue weighted by molar-refractivity contribution is 7.12. The van der Waals surface area contributed by atoms with Crippen LogP contribution in [0.3, 0.4) is 0 Å². The maximum atomic E-state index is 13.6. The van der Waals surface area contributed by atoms with Crippen LogP contribution in [0.15, 0.2) is 53.0 Å². The molecule has 1 aliphatic heterocycles. The molecule has 0 bridgehead atoms. The number of carbonyl (C=O) groups excluding carboxylic acids is 1. The van der Waals surface area contributed by atoms with Crippen molar-refractivity contribution in [2.24, 2.45) is 11.1 Å². The molecule has 0 saturated carbocycles. The van der Waals surface area contributed by atoms with Crippen molar-refractivity contribution >= 4 is 40.1 Å². The second-order valence-corrected chi connectivity index (χ2v) is 11.4. The molecule has 182 valence electrons. The molecule has 0 spiro atoms. The number of anilines is 1. The van der Waals surface area contributed by atoms with Crippen molar-refractivity contribution in [3.8, 4) is 6.07 Å². The van der Waals surface area contributed by atoms with Crippen LogP contribution in [0.2, 0.25) is 5.02 Å². The van der Waals surface area contributed by atoms with E-state index in [2.05, 4.69) is 19.1 Å². The number of hydrogen-bond acceptors (Lipinski definition) is 7. The van der Waals surface area contributed by atoms with E-state index in [4.69, 9.17) is 17.3 Å². The van der Waals surface area contributed by atoms with E-state index >= 15 is 0 Å². The monoisotopic (exact) mass is 510 g/mol. The maximum absolute atomic E-state index is 13.6. The maximum Gasteiger partial charge on any atom is 0.294 e. The summed E-state index contributed by atoms with van der Waals surface area (Å²) in [5, 5.41) is 22.3. The van der Waals surface area contributed by atoms with E-state index in [-0.39, 0.29) is 39.0 Å². The Bertz CT molecular complexity index is 1320. The lowest BCUT2D eigenvalue weighted by molar-refractivity contribution is -0.384. The molecule has 0 fully saturated rings. The van der Waals surface area contributed by atoms with Crippen LogP contribution in [0, 0.1) is 26.9 Å². The van der Waals surface area contributed by atoms with Crippen LogP contribution in [-0.4, -0.2) is 10.7 Å². The first-order valence-electron chi connectivity index (χ1n) is 11.6. The number of nitrogens with two attached hydrogens (primary N) is 1. The van der Waals surface area contributed by atoms with Gasteiger partial charge in [0.15, 0.2) is 5.78 Å². The Labute approximate surface area is 213 Å². The molecule has 0 amide bonds. The number of nitro groups is 1. The van der Waals surface area contributed by atoms with Crippen molar-refractivity contribution in [1.82, 2.24) is 0 Å². The molecule has 2 heterocycles. The van der Waals surface area contributed by atoms with Gasteiger partial charge in [0.2, 0.25) is 0 Å². The lowest BCUT2D eigenvalue weighted by atomic mass is 9.69. The van der Waals surface area contributed by atoms with Crippen LogP contribution in [0.1, 0.15) is 62.1 Å². The third-order valence-electron chi connectivity index (χ3n) is 6.50. The molecule has 0 radical (unpaired) electrons. The van der Waals surface area contributed by atoms with Crippen LogP contribution in [0.25, 0.3) is 0 Å². The molecule has 1 aliphatic carbocycles. The van der Waals surface area contributed by atoms with Gasteiger partial charge in [-0.25, -0.2) is 0 Å². The summed E-state index contributed by atoms with van der Waals surface area (Å²) in [5.74, 6) is -0.538. The van der Waals surface area contributed by atoms with Gasteiger partial charge in [-0.2, -0.15) is 5.26 Å². The average Bonchev–Trinajstić information content (AvgIpc) is 3.25. The highest BCUT2D eigenvalue weighted by Crippen LogP contribution is 2.52. The molecule has 2 aromatic rings. The molecular formula is C26H27ClN4O3S. The van der Waals surface area contributed by atoms with Gasteiger partial charge < -0.3 is 5.73 Å². The fourth-order valence-electron chi connectivity index (χ4n) is 4.94. The van der Waals surface area contributed by atoms with E-state index in [0.29, 0.717) is 24.1 Å². The summed E-state index contributed by atoms with van der Waals surface area (Å²) in [7, 11) is 0. The highest BCUT2D eigenvalue weighted by atomic mass is 35.5. The molecule has 2 N–H and O–H groups in total. The molecule has 1 unspecified atom stereocenters. The predicted octanol–water partition coefficient (Wildman–Crippen LogP) is 6.59. The number of ketones is 1. The van der Waals surface area contributed by atoms with Crippen LogP contribution in [0.5, 0.6) is 0 Å². The number of allylic oxidation sites excluding steroid dienone is 3. The Morgan fingerprint density at radius 2 is 2.06 bits per heavy atom. The second-order valence-electron chi connectivity index (χ2n) is 9.78. The van der Waals surface area contributed by atoms with Gasteiger partial charge in [0.05, 0.1) is 22.5 Å². The molecule has 0 saturated heterocycles. The average molecular weight is 511 g/mol. The van der Waals surface area contributed by atoms with Crippen molar-refractivity contribution in [2.45, 2.75) is 58.8 Å². The molecule has 1 aromatic heterocycles. The summed E-state index contributed by atoms with van der Waals surface area (Å²) >= 11 is 7.65. The van der Waals surface area contributed by atoms with Crippen LogP contribution in [-0.2, 0) is 11.2 Å². The minimum absolute atomic E-state index is 0.0633. The smallest absolute Gasteiger partial charge is 0.294 e. The fourth-order valence-corrected chi connectivity index (χ4v) is 6.28. The summed E-state index contributed by atoms with van der Waals surface area (Å²) < 4.78 is 0. The molecule has 2 aliphatic rings. The molecule has 4 rings (SSSR count). The Hall–Kier alpha value is -3.15. The lowest BCUT2D eigenvalue weighted by Crippen LogP contribution is -2.42. The summed E-state index contributed by atoms with van der Waals surface area (Å²) in [4.78, 5) is 28.6.